The predicted molar refractivity (Wildman–Crippen MR) is 68.4 cm³/mol. The lowest BCUT2D eigenvalue weighted by molar-refractivity contribution is -0.133. The number of hydrogen-bond donors (Lipinski definition) is 2. The van der Waals surface area contributed by atoms with Gasteiger partial charge < -0.3 is 15.0 Å². The van der Waals surface area contributed by atoms with Crippen molar-refractivity contribution in [1.29, 1.82) is 0 Å². The first-order chi connectivity index (χ1) is 8.49. The molecule has 1 aromatic rings. The van der Waals surface area contributed by atoms with Crippen LogP contribution >= 0.6 is 11.8 Å². The average molecular weight is 271 g/mol. The van der Waals surface area contributed by atoms with Crippen LogP contribution in [0.5, 0.6) is 0 Å². The molecule has 0 aliphatic carbocycles. The third-order valence-corrected chi connectivity index (χ3v) is 3.01. The molecule has 18 heavy (non-hydrogen) atoms. The van der Waals surface area contributed by atoms with Crippen molar-refractivity contribution in [2.24, 2.45) is 5.92 Å². The first-order valence-corrected chi connectivity index (χ1v) is 6.60. The van der Waals surface area contributed by atoms with E-state index in [1.165, 1.54) is 0 Å². The maximum atomic E-state index is 11.6. The minimum absolute atomic E-state index is 0.0649. The molecular formula is C11H17N3O3S. The van der Waals surface area contributed by atoms with Crippen molar-refractivity contribution in [1.82, 2.24) is 14.9 Å². The largest absolute Gasteiger partial charge is 0.481 e. The van der Waals surface area contributed by atoms with E-state index in [-0.39, 0.29) is 18.2 Å². The molecule has 0 unspecified atom stereocenters. The number of nitrogens with one attached hydrogen (secondary N) is 1. The lowest BCUT2D eigenvalue weighted by Crippen LogP contribution is -2.30. The van der Waals surface area contributed by atoms with Gasteiger partial charge in [0.05, 0.1) is 5.75 Å². The molecule has 0 radical (unpaired) electrons. The number of hydrogen-bond acceptors (Lipinski definition) is 4. The Labute approximate surface area is 110 Å². The molecule has 0 atom stereocenters. The molecule has 1 heterocycles. The van der Waals surface area contributed by atoms with Gasteiger partial charge in [-0.3, -0.25) is 9.59 Å². The zero-order chi connectivity index (χ0) is 13.5. The summed E-state index contributed by atoms with van der Waals surface area (Å²) in [7, 11) is 0. The van der Waals surface area contributed by atoms with Crippen molar-refractivity contribution in [2.75, 3.05) is 12.3 Å². The third kappa shape index (κ3) is 5.22. The van der Waals surface area contributed by atoms with E-state index < -0.39 is 5.97 Å². The Kier molecular flexibility index (Phi) is 5.70. The molecule has 6 nitrogen and oxygen atoms in total. The molecule has 1 aromatic heterocycles. The van der Waals surface area contributed by atoms with Crippen LogP contribution in [0.1, 0.15) is 13.8 Å². The highest BCUT2D eigenvalue weighted by atomic mass is 32.2. The van der Waals surface area contributed by atoms with Crippen molar-refractivity contribution in [3.05, 3.63) is 12.4 Å². The maximum absolute atomic E-state index is 11.6. The highest BCUT2D eigenvalue weighted by Crippen LogP contribution is 2.14. The number of imidazole rings is 1. The summed E-state index contributed by atoms with van der Waals surface area (Å²) in [6.45, 7) is 4.83. The molecule has 0 bridgehead atoms. The van der Waals surface area contributed by atoms with Gasteiger partial charge >= 0.3 is 5.97 Å². The number of nitrogens with zero attached hydrogens (tertiary/aromatic N) is 2. The van der Waals surface area contributed by atoms with Crippen LogP contribution in [-0.2, 0) is 16.1 Å². The van der Waals surface area contributed by atoms with Crippen LogP contribution in [0.2, 0.25) is 0 Å². The summed E-state index contributed by atoms with van der Waals surface area (Å²) in [6, 6.07) is 0. The molecule has 0 aliphatic rings. The summed E-state index contributed by atoms with van der Waals surface area (Å²) < 4.78 is 1.64. The van der Waals surface area contributed by atoms with Gasteiger partial charge in [-0.2, -0.15) is 0 Å². The number of carboxylic acids is 1. The van der Waals surface area contributed by atoms with Crippen molar-refractivity contribution < 1.29 is 14.7 Å². The Morgan fingerprint density at radius 1 is 1.56 bits per heavy atom. The van der Waals surface area contributed by atoms with E-state index in [1.807, 2.05) is 13.8 Å². The molecule has 0 aromatic carbocycles. The van der Waals surface area contributed by atoms with E-state index in [0.717, 1.165) is 11.8 Å². The second-order valence-corrected chi connectivity index (χ2v) is 5.16. The van der Waals surface area contributed by atoms with Crippen LogP contribution in [0.25, 0.3) is 0 Å². The number of carbonyl (C=O) groups excluding carboxylic acids is 1. The second-order valence-electron chi connectivity index (χ2n) is 4.22. The standard InChI is InChI=1S/C11H17N3O3S/c1-8(2)5-13-9(15)6-14-4-3-12-11(14)18-7-10(16)17/h3-4,8H,5-7H2,1-2H3,(H,13,15)(H,16,17). The van der Waals surface area contributed by atoms with E-state index in [9.17, 15) is 9.59 Å². The fourth-order valence-corrected chi connectivity index (χ4v) is 1.89. The number of carboxylic acid groups (broad SMARTS) is 1. The minimum atomic E-state index is -0.904. The summed E-state index contributed by atoms with van der Waals surface area (Å²) in [6.07, 6.45) is 3.22. The number of amides is 1. The zero-order valence-electron chi connectivity index (χ0n) is 10.4. The Morgan fingerprint density at radius 3 is 2.89 bits per heavy atom. The second kappa shape index (κ2) is 7.05. The summed E-state index contributed by atoms with van der Waals surface area (Å²) in [5.41, 5.74) is 0. The van der Waals surface area contributed by atoms with Gasteiger partial charge in [0.1, 0.15) is 6.54 Å². The molecular weight excluding hydrogens is 254 g/mol. The summed E-state index contributed by atoms with van der Waals surface area (Å²) >= 11 is 1.10. The number of thioether (sulfide) groups is 1. The maximum Gasteiger partial charge on any atom is 0.313 e. The molecule has 1 rings (SSSR count). The van der Waals surface area contributed by atoms with Crippen LogP contribution < -0.4 is 5.32 Å². The smallest absolute Gasteiger partial charge is 0.313 e. The molecule has 7 heteroatoms. The Morgan fingerprint density at radius 2 is 2.28 bits per heavy atom. The average Bonchev–Trinajstić information content (AvgIpc) is 2.71. The molecule has 0 saturated heterocycles. The lowest BCUT2D eigenvalue weighted by Gasteiger charge is -2.09. The van der Waals surface area contributed by atoms with E-state index in [4.69, 9.17) is 5.11 Å². The van der Waals surface area contributed by atoms with Gasteiger partial charge in [0.2, 0.25) is 5.91 Å². The Bertz CT molecular complexity index is 417. The third-order valence-electron chi connectivity index (χ3n) is 2.02. The van der Waals surface area contributed by atoms with Gasteiger partial charge in [-0.05, 0) is 5.92 Å². The summed E-state index contributed by atoms with van der Waals surface area (Å²) in [5.74, 6) is -0.666. The fourth-order valence-electron chi connectivity index (χ4n) is 1.21. The van der Waals surface area contributed by atoms with Gasteiger partial charge in [-0.25, -0.2) is 4.98 Å². The Balaban J connectivity index is 2.48. The number of aromatic nitrogens is 2. The normalized spacial score (nSPS) is 10.6. The highest BCUT2D eigenvalue weighted by Gasteiger charge is 2.09. The number of rotatable bonds is 7. The van der Waals surface area contributed by atoms with Crippen molar-refractivity contribution in [2.45, 2.75) is 25.5 Å². The monoisotopic (exact) mass is 271 g/mol. The zero-order valence-corrected chi connectivity index (χ0v) is 11.2. The molecule has 100 valence electrons. The first kappa shape index (κ1) is 14.6. The van der Waals surface area contributed by atoms with Gasteiger partial charge in [0.25, 0.3) is 0 Å². The van der Waals surface area contributed by atoms with Gasteiger partial charge in [-0.15, -0.1) is 0 Å². The van der Waals surface area contributed by atoms with E-state index in [0.29, 0.717) is 17.6 Å². The highest BCUT2D eigenvalue weighted by molar-refractivity contribution is 7.99. The predicted octanol–water partition coefficient (Wildman–Crippen LogP) is 0.832. The van der Waals surface area contributed by atoms with Gasteiger partial charge in [0.15, 0.2) is 5.16 Å². The van der Waals surface area contributed by atoms with Gasteiger partial charge in [0, 0.05) is 18.9 Å². The number of aliphatic carboxylic acids is 1. The SMILES string of the molecule is CC(C)CNC(=O)Cn1ccnc1SCC(=O)O. The van der Waals surface area contributed by atoms with E-state index in [2.05, 4.69) is 10.3 Å². The quantitative estimate of drug-likeness (QED) is 0.718. The van der Waals surface area contributed by atoms with Crippen molar-refractivity contribution in [3.8, 4) is 0 Å². The van der Waals surface area contributed by atoms with Gasteiger partial charge in [-0.1, -0.05) is 25.6 Å². The van der Waals surface area contributed by atoms with Crippen molar-refractivity contribution >= 4 is 23.6 Å². The minimum Gasteiger partial charge on any atom is -0.481 e. The molecule has 0 spiro atoms. The van der Waals surface area contributed by atoms with Crippen LogP contribution in [0.15, 0.2) is 17.6 Å². The lowest BCUT2D eigenvalue weighted by atomic mass is 10.2. The molecule has 0 aliphatic heterocycles. The van der Waals surface area contributed by atoms with E-state index in [1.54, 1.807) is 17.0 Å². The van der Waals surface area contributed by atoms with E-state index >= 15 is 0 Å². The molecule has 2 N–H and O–H groups in total. The van der Waals surface area contributed by atoms with Crippen LogP contribution in [0.4, 0.5) is 0 Å². The Hall–Kier alpha value is -1.50. The first-order valence-electron chi connectivity index (χ1n) is 5.61. The molecule has 1 amide bonds. The molecule has 0 saturated carbocycles. The number of carbonyl (C=O) groups is 2. The summed E-state index contributed by atoms with van der Waals surface area (Å²) in [4.78, 5) is 26.1. The van der Waals surface area contributed by atoms with Crippen LogP contribution in [0.3, 0.4) is 0 Å². The molecule has 0 fully saturated rings. The fraction of sp³-hybridized carbons (Fsp3) is 0.545. The van der Waals surface area contributed by atoms with Crippen LogP contribution in [-0.4, -0.2) is 38.8 Å². The topological polar surface area (TPSA) is 84.2 Å². The van der Waals surface area contributed by atoms with Crippen molar-refractivity contribution in [3.63, 3.8) is 0 Å². The summed E-state index contributed by atoms with van der Waals surface area (Å²) in [5, 5.41) is 11.9. The van der Waals surface area contributed by atoms with Crippen LogP contribution in [0, 0.1) is 5.92 Å².